The number of rotatable bonds is 4. The van der Waals surface area contributed by atoms with Crippen molar-refractivity contribution in [1.29, 1.82) is 0 Å². The third-order valence-corrected chi connectivity index (χ3v) is 4.86. The normalized spacial score (nSPS) is 26.4. The SMILES string of the molecule is O=C(C1CN(Cc2nnc(C3CC3)o2)CCO1)N1CCCCC1. The molecule has 1 amide bonds. The fourth-order valence-corrected chi connectivity index (χ4v) is 3.33. The summed E-state index contributed by atoms with van der Waals surface area (Å²) >= 11 is 0. The number of likely N-dealkylation sites (tertiary alicyclic amines) is 1. The van der Waals surface area contributed by atoms with Crippen LogP contribution in [0.2, 0.25) is 0 Å². The molecule has 0 spiro atoms. The molecule has 1 atom stereocenters. The summed E-state index contributed by atoms with van der Waals surface area (Å²) in [6.07, 6.45) is 5.40. The van der Waals surface area contributed by atoms with Crippen molar-refractivity contribution in [1.82, 2.24) is 20.0 Å². The number of hydrogen-bond donors (Lipinski definition) is 0. The second-order valence-electron chi connectivity index (χ2n) is 6.79. The Kier molecular flexibility index (Phi) is 4.31. The average molecular weight is 320 g/mol. The van der Waals surface area contributed by atoms with Gasteiger partial charge in [-0.05, 0) is 32.1 Å². The Bertz CT molecular complexity index is 551. The number of amides is 1. The molecule has 3 aliphatic rings. The van der Waals surface area contributed by atoms with Crippen LogP contribution in [-0.4, -0.2) is 64.8 Å². The van der Waals surface area contributed by atoms with E-state index in [-0.39, 0.29) is 12.0 Å². The first-order valence-electron chi connectivity index (χ1n) is 8.74. The van der Waals surface area contributed by atoms with E-state index in [1.165, 1.54) is 6.42 Å². The van der Waals surface area contributed by atoms with Gasteiger partial charge in [-0.3, -0.25) is 9.69 Å². The summed E-state index contributed by atoms with van der Waals surface area (Å²) in [6.45, 7) is 4.32. The van der Waals surface area contributed by atoms with Gasteiger partial charge in [0.25, 0.3) is 5.91 Å². The molecule has 126 valence electrons. The maximum absolute atomic E-state index is 12.6. The van der Waals surface area contributed by atoms with Crippen LogP contribution < -0.4 is 0 Å². The predicted molar refractivity (Wildman–Crippen MR) is 81.7 cm³/mol. The summed E-state index contributed by atoms with van der Waals surface area (Å²) < 4.78 is 11.4. The molecule has 3 heterocycles. The van der Waals surface area contributed by atoms with Gasteiger partial charge in [0.1, 0.15) is 6.10 Å². The zero-order valence-corrected chi connectivity index (χ0v) is 13.4. The van der Waals surface area contributed by atoms with Crippen LogP contribution in [0.1, 0.15) is 49.8 Å². The van der Waals surface area contributed by atoms with Crippen molar-refractivity contribution in [3.8, 4) is 0 Å². The van der Waals surface area contributed by atoms with E-state index < -0.39 is 0 Å². The highest BCUT2D eigenvalue weighted by Gasteiger charge is 2.32. The Morgan fingerprint density at radius 2 is 1.96 bits per heavy atom. The van der Waals surface area contributed by atoms with Crippen LogP contribution in [0.5, 0.6) is 0 Å². The largest absolute Gasteiger partial charge is 0.424 e. The first-order chi connectivity index (χ1) is 11.3. The van der Waals surface area contributed by atoms with Gasteiger partial charge in [-0.2, -0.15) is 0 Å². The third-order valence-electron chi connectivity index (χ3n) is 4.86. The van der Waals surface area contributed by atoms with Gasteiger partial charge in [-0.15, -0.1) is 10.2 Å². The minimum absolute atomic E-state index is 0.138. The molecule has 1 saturated carbocycles. The molecule has 2 aliphatic heterocycles. The molecular formula is C16H24N4O3. The predicted octanol–water partition coefficient (Wildman–Crippen LogP) is 1.16. The highest BCUT2D eigenvalue weighted by molar-refractivity contribution is 5.81. The summed E-state index contributed by atoms with van der Waals surface area (Å²) in [6, 6.07) is 0. The number of carbonyl (C=O) groups is 1. The Balaban J connectivity index is 1.33. The first-order valence-corrected chi connectivity index (χ1v) is 8.74. The Labute approximate surface area is 136 Å². The first kappa shape index (κ1) is 15.1. The number of aromatic nitrogens is 2. The molecule has 1 aromatic rings. The van der Waals surface area contributed by atoms with E-state index in [9.17, 15) is 4.79 Å². The molecule has 7 heteroatoms. The summed E-state index contributed by atoms with van der Waals surface area (Å²) in [7, 11) is 0. The topological polar surface area (TPSA) is 71.7 Å². The zero-order chi connectivity index (χ0) is 15.6. The molecule has 7 nitrogen and oxygen atoms in total. The van der Waals surface area contributed by atoms with E-state index in [0.717, 1.165) is 51.2 Å². The lowest BCUT2D eigenvalue weighted by atomic mass is 10.1. The fourth-order valence-electron chi connectivity index (χ4n) is 3.33. The standard InChI is InChI=1S/C16H24N4O3/c21-16(20-6-2-1-3-7-20)13-10-19(8-9-22-13)11-14-17-18-15(23-14)12-4-5-12/h12-13H,1-11H2. The Morgan fingerprint density at radius 1 is 1.13 bits per heavy atom. The van der Waals surface area contributed by atoms with Crippen LogP contribution in [-0.2, 0) is 16.1 Å². The van der Waals surface area contributed by atoms with Crippen molar-refractivity contribution in [2.75, 3.05) is 32.8 Å². The highest BCUT2D eigenvalue weighted by Crippen LogP contribution is 2.39. The summed E-state index contributed by atoms with van der Waals surface area (Å²) in [5.41, 5.74) is 0. The zero-order valence-electron chi connectivity index (χ0n) is 13.4. The molecule has 0 aromatic carbocycles. The molecule has 2 saturated heterocycles. The van der Waals surface area contributed by atoms with Gasteiger partial charge in [0.2, 0.25) is 11.8 Å². The van der Waals surface area contributed by atoms with Crippen molar-refractivity contribution in [3.05, 3.63) is 11.8 Å². The summed E-state index contributed by atoms with van der Waals surface area (Å²) in [4.78, 5) is 16.7. The van der Waals surface area contributed by atoms with Crippen molar-refractivity contribution >= 4 is 5.91 Å². The lowest BCUT2D eigenvalue weighted by Crippen LogP contribution is -2.51. The Morgan fingerprint density at radius 3 is 2.74 bits per heavy atom. The molecule has 4 rings (SSSR count). The van der Waals surface area contributed by atoms with E-state index in [0.29, 0.717) is 31.5 Å². The van der Waals surface area contributed by atoms with E-state index in [4.69, 9.17) is 9.15 Å². The summed E-state index contributed by atoms with van der Waals surface area (Å²) in [5.74, 6) is 2.04. The lowest BCUT2D eigenvalue weighted by molar-refractivity contribution is -0.150. The number of nitrogens with zero attached hydrogens (tertiary/aromatic N) is 4. The molecule has 1 aromatic heterocycles. The molecule has 0 bridgehead atoms. The number of morpholine rings is 1. The van der Waals surface area contributed by atoms with Crippen LogP contribution in [0.3, 0.4) is 0 Å². The van der Waals surface area contributed by atoms with Crippen molar-refractivity contribution in [3.63, 3.8) is 0 Å². The smallest absolute Gasteiger partial charge is 0.253 e. The van der Waals surface area contributed by atoms with Gasteiger partial charge < -0.3 is 14.1 Å². The highest BCUT2D eigenvalue weighted by atomic mass is 16.5. The Hall–Kier alpha value is -1.47. The van der Waals surface area contributed by atoms with E-state index in [1.54, 1.807) is 0 Å². The van der Waals surface area contributed by atoms with Crippen LogP contribution in [0.25, 0.3) is 0 Å². The van der Waals surface area contributed by atoms with Gasteiger partial charge in [0.15, 0.2) is 0 Å². The molecule has 23 heavy (non-hydrogen) atoms. The van der Waals surface area contributed by atoms with E-state index in [1.807, 2.05) is 4.90 Å². The van der Waals surface area contributed by atoms with Gasteiger partial charge in [0.05, 0.1) is 13.2 Å². The number of ether oxygens (including phenoxy) is 1. The van der Waals surface area contributed by atoms with Gasteiger partial charge in [0, 0.05) is 32.1 Å². The average Bonchev–Trinajstić information content (AvgIpc) is 3.35. The lowest BCUT2D eigenvalue weighted by Gasteiger charge is -2.35. The fraction of sp³-hybridized carbons (Fsp3) is 0.812. The molecule has 0 radical (unpaired) electrons. The van der Waals surface area contributed by atoms with Crippen LogP contribution in [0.4, 0.5) is 0 Å². The quantitative estimate of drug-likeness (QED) is 0.829. The molecule has 1 unspecified atom stereocenters. The molecule has 3 fully saturated rings. The summed E-state index contributed by atoms with van der Waals surface area (Å²) in [5, 5.41) is 8.26. The van der Waals surface area contributed by atoms with Crippen LogP contribution in [0, 0.1) is 0 Å². The second kappa shape index (κ2) is 6.57. The van der Waals surface area contributed by atoms with Crippen molar-refractivity contribution < 1.29 is 13.9 Å². The van der Waals surface area contributed by atoms with Crippen LogP contribution >= 0.6 is 0 Å². The minimum atomic E-state index is -0.354. The monoisotopic (exact) mass is 320 g/mol. The maximum Gasteiger partial charge on any atom is 0.253 e. The van der Waals surface area contributed by atoms with Crippen molar-refractivity contribution in [2.24, 2.45) is 0 Å². The third kappa shape index (κ3) is 3.55. The van der Waals surface area contributed by atoms with Gasteiger partial charge >= 0.3 is 0 Å². The van der Waals surface area contributed by atoms with Gasteiger partial charge in [-0.1, -0.05) is 0 Å². The molecule has 1 aliphatic carbocycles. The van der Waals surface area contributed by atoms with Gasteiger partial charge in [-0.25, -0.2) is 0 Å². The van der Waals surface area contributed by atoms with Crippen molar-refractivity contribution in [2.45, 2.75) is 50.7 Å². The number of hydrogen-bond acceptors (Lipinski definition) is 6. The minimum Gasteiger partial charge on any atom is -0.424 e. The van der Waals surface area contributed by atoms with E-state index in [2.05, 4.69) is 15.1 Å². The van der Waals surface area contributed by atoms with E-state index >= 15 is 0 Å². The number of carbonyl (C=O) groups excluding carboxylic acids is 1. The maximum atomic E-state index is 12.6. The molecule has 0 N–H and O–H groups in total. The number of piperidine rings is 1. The second-order valence-corrected chi connectivity index (χ2v) is 6.79. The van der Waals surface area contributed by atoms with Crippen LogP contribution in [0.15, 0.2) is 4.42 Å². The molecular weight excluding hydrogens is 296 g/mol.